The molecule has 6 nitrogen and oxygen atoms in total. The van der Waals surface area contributed by atoms with E-state index in [-0.39, 0.29) is 24.4 Å². The highest BCUT2D eigenvalue weighted by Crippen LogP contribution is 2.15. The van der Waals surface area contributed by atoms with Gasteiger partial charge in [-0.05, 0) is 30.7 Å². The third-order valence-electron chi connectivity index (χ3n) is 3.80. The number of hydrogen-bond donors (Lipinski definition) is 1. The molecule has 0 bridgehead atoms. The molecule has 1 aliphatic heterocycles. The maximum atomic E-state index is 13.0. The highest BCUT2D eigenvalue weighted by atomic mass is 19.1. The summed E-state index contributed by atoms with van der Waals surface area (Å²) in [6, 6.07) is 4.18. The first-order valence-electron chi connectivity index (χ1n) is 8.02. The van der Waals surface area contributed by atoms with Gasteiger partial charge in [0.15, 0.2) is 0 Å². The summed E-state index contributed by atoms with van der Waals surface area (Å²) in [5.74, 6) is -1.75. The second kappa shape index (κ2) is 8.42. The van der Waals surface area contributed by atoms with Crippen molar-refractivity contribution in [3.63, 3.8) is 0 Å². The van der Waals surface area contributed by atoms with Crippen molar-refractivity contribution >= 4 is 17.8 Å². The lowest BCUT2D eigenvalue weighted by molar-refractivity contribution is -0.147. The fourth-order valence-corrected chi connectivity index (χ4v) is 2.47. The number of esters is 1. The number of benzene rings is 1. The summed E-state index contributed by atoms with van der Waals surface area (Å²) in [4.78, 5) is 37.9. The highest BCUT2D eigenvalue weighted by molar-refractivity contribution is 5.99. The number of nitrogens with one attached hydrogen (secondary N) is 1. The molecular formula is C17H21FN2O4. The molecule has 24 heavy (non-hydrogen) atoms. The number of piperazine rings is 1. The molecule has 0 aromatic heterocycles. The Balaban J connectivity index is 2.07. The second-order valence-electron chi connectivity index (χ2n) is 5.59. The van der Waals surface area contributed by atoms with Gasteiger partial charge in [0.25, 0.3) is 5.91 Å². The summed E-state index contributed by atoms with van der Waals surface area (Å²) < 4.78 is 18.1. The van der Waals surface area contributed by atoms with Gasteiger partial charge in [-0.15, -0.1) is 0 Å². The van der Waals surface area contributed by atoms with E-state index < -0.39 is 23.7 Å². The molecule has 0 aliphatic carbocycles. The number of unbranched alkanes of at least 4 members (excludes halogenated alkanes) is 1. The third-order valence-corrected chi connectivity index (χ3v) is 3.80. The van der Waals surface area contributed by atoms with Crippen LogP contribution >= 0.6 is 0 Å². The standard InChI is InChI=1S/C17H21FN2O4/c1-2-3-10-24-15(21)11-14-16(22)19-8-9-20(14)17(23)12-4-6-13(18)7-5-12/h4-7,14H,2-3,8-11H2,1H3,(H,19,22)/t14-/m0/s1. The van der Waals surface area contributed by atoms with Crippen LogP contribution in [0.4, 0.5) is 4.39 Å². The lowest BCUT2D eigenvalue weighted by atomic mass is 10.1. The lowest BCUT2D eigenvalue weighted by Gasteiger charge is -2.34. The molecule has 130 valence electrons. The van der Waals surface area contributed by atoms with E-state index in [2.05, 4.69) is 5.32 Å². The van der Waals surface area contributed by atoms with Crippen molar-refractivity contribution in [2.45, 2.75) is 32.2 Å². The Bertz CT molecular complexity index is 603. The van der Waals surface area contributed by atoms with Crippen LogP contribution in [0.3, 0.4) is 0 Å². The zero-order chi connectivity index (χ0) is 17.5. The zero-order valence-electron chi connectivity index (χ0n) is 13.6. The Kier molecular flexibility index (Phi) is 6.28. The summed E-state index contributed by atoms with van der Waals surface area (Å²) >= 11 is 0. The highest BCUT2D eigenvalue weighted by Gasteiger charge is 2.35. The average Bonchev–Trinajstić information content (AvgIpc) is 2.57. The molecule has 1 fully saturated rings. The number of rotatable bonds is 6. The van der Waals surface area contributed by atoms with E-state index in [4.69, 9.17) is 4.74 Å². The lowest BCUT2D eigenvalue weighted by Crippen LogP contribution is -2.57. The molecule has 0 spiro atoms. The minimum Gasteiger partial charge on any atom is -0.466 e. The van der Waals surface area contributed by atoms with E-state index in [0.717, 1.165) is 12.8 Å². The smallest absolute Gasteiger partial charge is 0.308 e. The van der Waals surface area contributed by atoms with E-state index in [0.29, 0.717) is 13.2 Å². The van der Waals surface area contributed by atoms with Gasteiger partial charge in [0.2, 0.25) is 5.91 Å². The maximum absolute atomic E-state index is 13.0. The van der Waals surface area contributed by atoms with Crippen molar-refractivity contribution in [1.29, 1.82) is 0 Å². The zero-order valence-corrected chi connectivity index (χ0v) is 13.6. The Morgan fingerprint density at radius 2 is 2.04 bits per heavy atom. The molecule has 1 aromatic rings. The predicted octanol–water partition coefficient (Wildman–Crippen LogP) is 1.50. The van der Waals surface area contributed by atoms with Gasteiger partial charge in [0, 0.05) is 18.7 Å². The van der Waals surface area contributed by atoms with E-state index in [1.807, 2.05) is 6.92 Å². The van der Waals surface area contributed by atoms with Gasteiger partial charge in [0.05, 0.1) is 13.0 Å². The van der Waals surface area contributed by atoms with Crippen LogP contribution in [0, 0.1) is 5.82 Å². The quantitative estimate of drug-likeness (QED) is 0.631. The van der Waals surface area contributed by atoms with Gasteiger partial charge < -0.3 is 15.0 Å². The minimum absolute atomic E-state index is 0.192. The van der Waals surface area contributed by atoms with Crippen molar-refractivity contribution in [3.05, 3.63) is 35.6 Å². The average molecular weight is 336 g/mol. The molecule has 1 atom stereocenters. The first-order chi connectivity index (χ1) is 11.5. The fourth-order valence-electron chi connectivity index (χ4n) is 2.47. The van der Waals surface area contributed by atoms with Crippen molar-refractivity contribution in [3.8, 4) is 0 Å². The molecule has 7 heteroatoms. The number of carbonyl (C=O) groups excluding carboxylic acids is 3. The molecule has 0 unspecified atom stereocenters. The van der Waals surface area contributed by atoms with Crippen molar-refractivity contribution < 1.29 is 23.5 Å². The fraction of sp³-hybridized carbons (Fsp3) is 0.471. The molecule has 1 aliphatic rings. The SMILES string of the molecule is CCCCOC(=O)C[C@H]1C(=O)NCCN1C(=O)c1ccc(F)cc1. The molecule has 2 rings (SSSR count). The van der Waals surface area contributed by atoms with Crippen molar-refractivity contribution in [2.24, 2.45) is 0 Å². The normalized spacial score (nSPS) is 17.3. The molecular weight excluding hydrogens is 315 g/mol. The summed E-state index contributed by atoms with van der Waals surface area (Å²) in [5.41, 5.74) is 0.274. The molecule has 1 saturated heterocycles. The van der Waals surface area contributed by atoms with Crippen molar-refractivity contribution in [2.75, 3.05) is 19.7 Å². The minimum atomic E-state index is -0.912. The number of carbonyl (C=O) groups is 3. The van der Waals surface area contributed by atoms with E-state index in [9.17, 15) is 18.8 Å². The van der Waals surface area contributed by atoms with Gasteiger partial charge in [0.1, 0.15) is 11.9 Å². The number of nitrogens with zero attached hydrogens (tertiary/aromatic N) is 1. The molecule has 1 aromatic carbocycles. The van der Waals surface area contributed by atoms with Gasteiger partial charge >= 0.3 is 5.97 Å². The van der Waals surface area contributed by atoms with Gasteiger partial charge in [-0.2, -0.15) is 0 Å². The summed E-state index contributed by atoms with van der Waals surface area (Å²) in [6.07, 6.45) is 1.45. The first kappa shape index (κ1) is 17.9. The van der Waals surface area contributed by atoms with Gasteiger partial charge in [-0.3, -0.25) is 14.4 Å². The van der Waals surface area contributed by atoms with Crippen LogP contribution in [0.2, 0.25) is 0 Å². The van der Waals surface area contributed by atoms with E-state index >= 15 is 0 Å². The monoisotopic (exact) mass is 336 g/mol. The molecule has 1 N–H and O–H groups in total. The van der Waals surface area contributed by atoms with E-state index in [1.54, 1.807) is 0 Å². The first-order valence-corrected chi connectivity index (χ1v) is 8.02. The molecule has 1 heterocycles. The number of ether oxygens (including phenoxy) is 1. The largest absolute Gasteiger partial charge is 0.466 e. The van der Waals surface area contributed by atoms with Crippen molar-refractivity contribution in [1.82, 2.24) is 10.2 Å². The Morgan fingerprint density at radius 1 is 1.33 bits per heavy atom. The third kappa shape index (κ3) is 4.53. The maximum Gasteiger partial charge on any atom is 0.308 e. The molecule has 2 amide bonds. The summed E-state index contributed by atoms with van der Waals surface area (Å²) in [5, 5.41) is 2.65. The summed E-state index contributed by atoms with van der Waals surface area (Å²) in [7, 11) is 0. The van der Waals surface area contributed by atoms with Crippen LogP contribution in [0.25, 0.3) is 0 Å². The van der Waals surface area contributed by atoms with E-state index in [1.165, 1.54) is 29.2 Å². The van der Waals surface area contributed by atoms with Gasteiger partial charge in [-0.1, -0.05) is 13.3 Å². The molecule has 0 radical (unpaired) electrons. The van der Waals surface area contributed by atoms with Crippen LogP contribution in [0.15, 0.2) is 24.3 Å². The Morgan fingerprint density at radius 3 is 2.71 bits per heavy atom. The van der Waals surface area contributed by atoms with Gasteiger partial charge in [-0.25, -0.2) is 4.39 Å². The van der Waals surface area contributed by atoms with Crippen LogP contribution in [-0.2, 0) is 14.3 Å². The Hall–Kier alpha value is -2.44. The number of amides is 2. The predicted molar refractivity (Wildman–Crippen MR) is 84.7 cm³/mol. The van der Waals surface area contributed by atoms with Crippen LogP contribution in [0.5, 0.6) is 0 Å². The topological polar surface area (TPSA) is 75.7 Å². The second-order valence-corrected chi connectivity index (χ2v) is 5.59. The van der Waals surface area contributed by atoms with Crippen LogP contribution in [0.1, 0.15) is 36.5 Å². The van der Waals surface area contributed by atoms with Crippen LogP contribution < -0.4 is 5.32 Å². The molecule has 0 saturated carbocycles. The Labute approximate surface area is 140 Å². The number of hydrogen-bond acceptors (Lipinski definition) is 4. The number of halogens is 1. The summed E-state index contributed by atoms with van der Waals surface area (Å²) in [6.45, 7) is 2.88. The van der Waals surface area contributed by atoms with Crippen LogP contribution in [-0.4, -0.2) is 48.4 Å².